The Kier molecular flexibility index (Phi) is 6.08. The number of nitrogens with zero attached hydrogens (tertiary/aromatic N) is 1. The number of para-hydroxylation sites is 1. The zero-order chi connectivity index (χ0) is 19.2. The van der Waals surface area contributed by atoms with Gasteiger partial charge in [-0.2, -0.15) is 0 Å². The number of amides is 2. The molecule has 2 amide bonds. The van der Waals surface area contributed by atoms with E-state index in [0.29, 0.717) is 25.2 Å². The van der Waals surface area contributed by atoms with Crippen molar-refractivity contribution in [2.24, 2.45) is 0 Å². The van der Waals surface area contributed by atoms with Crippen LogP contribution in [0.2, 0.25) is 0 Å². The van der Waals surface area contributed by atoms with Crippen molar-refractivity contribution in [2.45, 2.75) is 19.5 Å². The monoisotopic (exact) mass is 367 g/mol. The third-order valence-corrected chi connectivity index (χ3v) is 4.74. The molecule has 0 aromatic heterocycles. The van der Waals surface area contributed by atoms with Crippen LogP contribution < -0.4 is 15.4 Å². The SMILES string of the molecule is COc1ccccc1C1CNCCN1C(=O)c1ccc(CNC(C)=O)cc1. The van der Waals surface area contributed by atoms with E-state index in [1.54, 1.807) is 7.11 Å². The minimum atomic E-state index is -0.0820. The van der Waals surface area contributed by atoms with Crippen LogP contribution in [0.15, 0.2) is 48.5 Å². The average Bonchev–Trinajstić information content (AvgIpc) is 2.72. The standard InChI is InChI=1S/C21H25N3O3/c1-15(25)23-13-16-7-9-17(10-8-16)21(26)24-12-11-22-14-19(24)18-5-3-4-6-20(18)27-2/h3-10,19,22H,11-14H2,1-2H3,(H,23,25). The van der Waals surface area contributed by atoms with Gasteiger partial charge in [-0.25, -0.2) is 0 Å². The van der Waals surface area contributed by atoms with Crippen molar-refractivity contribution < 1.29 is 14.3 Å². The highest BCUT2D eigenvalue weighted by atomic mass is 16.5. The van der Waals surface area contributed by atoms with E-state index in [-0.39, 0.29) is 17.9 Å². The summed E-state index contributed by atoms with van der Waals surface area (Å²) in [5, 5.41) is 6.13. The van der Waals surface area contributed by atoms with Gasteiger partial charge in [0.15, 0.2) is 0 Å². The molecule has 2 aromatic carbocycles. The van der Waals surface area contributed by atoms with Gasteiger partial charge in [0.2, 0.25) is 5.91 Å². The van der Waals surface area contributed by atoms with E-state index in [1.807, 2.05) is 53.4 Å². The van der Waals surface area contributed by atoms with Crippen LogP contribution in [-0.2, 0) is 11.3 Å². The van der Waals surface area contributed by atoms with Crippen LogP contribution in [0.4, 0.5) is 0 Å². The van der Waals surface area contributed by atoms with Gasteiger partial charge < -0.3 is 20.3 Å². The molecule has 3 rings (SSSR count). The maximum absolute atomic E-state index is 13.1. The van der Waals surface area contributed by atoms with Crippen LogP contribution in [0.1, 0.15) is 34.5 Å². The number of carbonyl (C=O) groups is 2. The Balaban J connectivity index is 1.80. The lowest BCUT2D eigenvalue weighted by atomic mass is 10.0. The van der Waals surface area contributed by atoms with Crippen molar-refractivity contribution in [3.05, 3.63) is 65.2 Å². The lowest BCUT2D eigenvalue weighted by Crippen LogP contribution is -2.48. The van der Waals surface area contributed by atoms with Crippen molar-refractivity contribution in [1.82, 2.24) is 15.5 Å². The molecular weight excluding hydrogens is 342 g/mol. The Morgan fingerprint density at radius 1 is 1.19 bits per heavy atom. The summed E-state index contributed by atoms with van der Waals surface area (Å²) < 4.78 is 5.49. The van der Waals surface area contributed by atoms with Crippen LogP contribution in [0.25, 0.3) is 0 Å². The van der Waals surface area contributed by atoms with Gasteiger partial charge in [-0.1, -0.05) is 30.3 Å². The summed E-state index contributed by atoms with van der Waals surface area (Å²) in [5.74, 6) is 0.712. The number of piperazine rings is 1. The Bertz CT molecular complexity index is 805. The zero-order valence-electron chi connectivity index (χ0n) is 15.7. The van der Waals surface area contributed by atoms with Gasteiger partial charge in [-0.15, -0.1) is 0 Å². The number of benzene rings is 2. The van der Waals surface area contributed by atoms with E-state index in [4.69, 9.17) is 4.74 Å². The fraction of sp³-hybridized carbons (Fsp3) is 0.333. The molecule has 0 bridgehead atoms. The van der Waals surface area contributed by atoms with E-state index in [2.05, 4.69) is 10.6 Å². The third-order valence-electron chi connectivity index (χ3n) is 4.74. The minimum Gasteiger partial charge on any atom is -0.496 e. The molecular formula is C21H25N3O3. The largest absolute Gasteiger partial charge is 0.496 e. The summed E-state index contributed by atoms with van der Waals surface area (Å²) in [7, 11) is 1.65. The second-order valence-corrected chi connectivity index (χ2v) is 6.57. The van der Waals surface area contributed by atoms with Gasteiger partial charge in [0.05, 0.1) is 13.2 Å². The molecule has 2 N–H and O–H groups in total. The smallest absolute Gasteiger partial charge is 0.254 e. The maximum Gasteiger partial charge on any atom is 0.254 e. The second-order valence-electron chi connectivity index (χ2n) is 6.57. The Hall–Kier alpha value is -2.86. The lowest BCUT2D eigenvalue weighted by Gasteiger charge is -2.37. The predicted molar refractivity (Wildman–Crippen MR) is 104 cm³/mol. The fourth-order valence-corrected chi connectivity index (χ4v) is 3.32. The summed E-state index contributed by atoms with van der Waals surface area (Å²) in [6, 6.07) is 15.1. The van der Waals surface area contributed by atoms with Crippen LogP contribution in [-0.4, -0.2) is 43.5 Å². The van der Waals surface area contributed by atoms with Crippen molar-refractivity contribution in [3.8, 4) is 5.75 Å². The number of carbonyl (C=O) groups excluding carboxylic acids is 2. The van der Waals surface area contributed by atoms with Crippen molar-refractivity contribution in [3.63, 3.8) is 0 Å². The van der Waals surface area contributed by atoms with E-state index in [0.717, 1.165) is 23.4 Å². The maximum atomic E-state index is 13.1. The molecule has 0 spiro atoms. The highest BCUT2D eigenvalue weighted by Gasteiger charge is 2.30. The highest BCUT2D eigenvalue weighted by Crippen LogP contribution is 2.31. The first-order valence-corrected chi connectivity index (χ1v) is 9.08. The highest BCUT2D eigenvalue weighted by molar-refractivity contribution is 5.94. The Labute approximate surface area is 159 Å². The molecule has 1 fully saturated rings. The summed E-state index contributed by atoms with van der Waals surface area (Å²) in [4.78, 5) is 26.1. The molecule has 1 atom stereocenters. The summed E-state index contributed by atoms with van der Waals surface area (Å²) in [6.45, 7) is 4.03. The normalized spacial score (nSPS) is 16.7. The van der Waals surface area contributed by atoms with Crippen molar-refractivity contribution in [2.75, 3.05) is 26.7 Å². The summed E-state index contributed by atoms with van der Waals surface area (Å²) in [6.07, 6.45) is 0. The molecule has 1 heterocycles. The summed E-state index contributed by atoms with van der Waals surface area (Å²) >= 11 is 0. The molecule has 6 nitrogen and oxygen atoms in total. The molecule has 142 valence electrons. The molecule has 2 aromatic rings. The van der Waals surface area contributed by atoms with Crippen LogP contribution in [0.5, 0.6) is 5.75 Å². The van der Waals surface area contributed by atoms with E-state index in [9.17, 15) is 9.59 Å². The lowest BCUT2D eigenvalue weighted by molar-refractivity contribution is -0.119. The number of rotatable bonds is 5. The molecule has 1 saturated heterocycles. The van der Waals surface area contributed by atoms with E-state index < -0.39 is 0 Å². The second kappa shape index (κ2) is 8.68. The van der Waals surface area contributed by atoms with Gasteiger partial charge in [-0.05, 0) is 23.8 Å². The fourth-order valence-electron chi connectivity index (χ4n) is 3.32. The van der Waals surface area contributed by atoms with E-state index in [1.165, 1.54) is 6.92 Å². The number of ether oxygens (including phenoxy) is 1. The van der Waals surface area contributed by atoms with Crippen molar-refractivity contribution >= 4 is 11.8 Å². The first-order chi connectivity index (χ1) is 13.1. The van der Waals surface area contributed by atoms with Gasteiger partial charge in [0.25, 0.3) is 5.91 Å². The number of hydrogen-bond acceptors (Lipinski definition) is 4. The number of methoxy groups -OCH3 is 1. The van der Waals surface area contributed by atoms with Crippen molar-refractivity contribution in [1.29, 1.82) is 0 Å². The first-order valence-electron chi connectivity index (χ1n) is 9.08. The van der Waals surface area contributed by atoms with E-state index >= 15 is 0 Å². The molecule has 1 unspecified atom stereocenters. The van der Waals surface area contributed by atoms with Gasteiger partial charge in [0.1, 0.15) is 5.75 Å². The molecule has 27 heavy (non-hydrogen) atoms. The molecule has 0 radical (unpaired) electrons. The van der Waals surface area contributed by atoms with Gasteiger partial charge in [-0.3, -0.25) is 9.59 Å². The molecule has 6 heteroatoms. The first kappa shape index (κ1) is 18.9. The number of hydrogen-bond donors (Lipinski definition) is 2. The zero-order valence-corrected chi connectivity index (χ0v) is 15.7. The minimum absolute atomic E-state index is 0.00140. The van der Waals surface area contributed by atoms with Crippen LogP contribution in [0.3, 0.4) is 0 Å². The molecule has 1 aliphatic heterocycles. The van der Waals surface area contributed by atoms with Crippen LogP contribution >= 0.6 is 0 Å². The Morgan fingerprint density at radius 3 is 2.63 bits per heavy atom. The average molecular weight is 367 g/mol. The topological polar surface area (TPSA) is 70.7 Å². The van der Waals surface area contributed by atoms with Crippen LogP contribution in [0, 0.1) is 0 Å². The summed E-state index contributed by atoms with van der Waals surface area (Å²) in [5.41, 5.74) is 2.61. The molecule has 0 saturated carbocycles. The Morgan fingerprint density at radius 2 is 1.93 bits per heavy atom. The third kappa shape index (κ3) is 4.46. The quantitative estimate of drug-likeness (QED) is 0.849. The number of nitrogens with one attached hydrogen (secondary N) is 2. The van der Waals surface area contributed by atoms with Gasteiger partial charge in [0, 0.05) is 44.2 Å². The molecule has 1 aliphatic rings. The molecule has 0 aliphatic carbocycles. The van der Waals surface area contributed by atoms with Gasteiger partial charge >= 0.3 is 0 Å². The predicted octanol–water partition coefficient (Wildman–Crippen LogP) is 2.12.